The van der Waals surface area contributed by atoms with Gasteiger partial charge in [0.05, 0.1) is 17.1 Å². The summed E-state index contributed by atoms with van der Waals surface area (Å²) in [5, 5.41) is 7.85. The average molecular weight is 662 g/mol. The molecule has 0 amide bonds. The van der Waals surface area contributed by atoms with Crippen LogP contribution in [0.4, 0.5) is 0 Å². The number of pyridine rings is 1. The van der Waals surface area contributed by atoms with Crippen LogP contribution in [0.2, 0.25) is 0 Å². The van der Waals surface area contributed by atoms with E-state index < -0.39 is 0 Å². The molecule has 10 rings (SSSR count). The Hall–Kier alpha value is -6.97. The van der Waals surface area contributed by atoms with Crippen LogP contribution in [0, 0.1) is 0 Å². The molecule has 3 heteroatoms. The molecular formula is C49H31N3. The second-order valence-electron chi connectivity index (χ2n) is 13.2. The zero-order chi connectivity index (χ0) is 34.4. The van der Waals surface area contributed by atoms with Crippen LogP contribution in [0.25, 0.3) is 99.7 Å². The molecule has 0 atom stereocenters. The largest absolute Gasteiger partial charge is 0.256 e. The van der Waals surface area contributed by atoms with Crippen molar-refractivity contribution in [3.8, 4) is 67.4 Å². The van der Waals surface area contributed by atoms with Crippen molar-refractivity contribution in [1.29, 1.82) is 0 Å². The summed E-state index contributed by atoms with van der Waals surface area (Å²) in [6.07, 6.45) is 1.82. The summed E-state index contributed by atoms with van der Waals surface area (Å²) in [5.74, 6) is 0.702. The van der Waals surface area contributed by atoms with E-state index in [2.05, 4.69) is 151 Å². The van der Waals surface area contributed by atoms with Gasteiger partial charge < -0.3 is 0 Å². The quantitative estimate of drug-likeness (QED) is 0.166. The van der Waals surface area contributed by atoms with Crippen molar-refractivity contribution < 1.29 is 0 Å². The summed E-state index contributed by atoms with van der Waals surface area (Å²) in [6, 6.07) is 64.4. The third kappa shape index (κ3) is 5.28. The second kappa shape index (κ2) is 12.4. The molecule has 8 aromatic carbocycles. The fourth-order valence-electron chi connectivity index (χ4n) is 7.47. The van der Waals surface area contributed by atoms with Crippen LogP contribution in [0.15, 0.2) is 188 Å². The van der Waals surface area contributed by atoms with Crippen molar-refractivity contribution in [1.82, 2.24) is 15.0 Å². The Morgan fingerprint density at radius 2 is 0.827 bits per heavy atom. The van der Waals surface area contributed by atoms with Gasteiger partial charge in [-0.1, -0.05) is 164 Å². The lowest BCUT2D eigenvalue weighted by molar-refractivity contribution is 1.18. The number of rotatable bonds is 6. The Kier molecular flexibility index (Phi) is 7.14. The first-order valence-corrected chi connectivity index (χ1v) is 17.6. The molecule has 0 N–H and O–H groups in total. The van der Waals surface area contributed by atoms with Crippen molar-refractivity contribution in [3.05, 3.63) is 188 Å². The minimum atomic E-state index is 0.702. The van der Waals surface area contributed by atoms with Gasteiger partial charge in [0.15, 0.2) is 5.82 Å². The summed E-state index contributed by atoms with van der Waals surface area (Å²) in [7, 11) is 0. The molecule has 2 aromatic heterocycles. The zero-order valence-electron chi connectivity index (χ0n) is 28.2. The van der Waals surface area contributed by atoms with Crippen molar-refractivity contribution in [2.45, 2.75) is 0 Å². The second-order valence-corrected chi connectivity index (χ2v) is 13.2. The lowest BCUT2D eigenvalue weighted by Gasteiger charge is -2.14. The molecule has 0 aliphatic rings. The number of hydrogen-bond donors (Lipinski definition) is 0. The smallest absolute Gasteiger partial charge is 0.160 e. The van der Waals surface area contributed by atoms with E-state index in [1.807, 2.05) is 42.6 Å². The van der Waals surface area contributed by atoms with Crippen LogP contribution < -0.4 is 0 Å². The molecule has 0 saturated heterocycles. The highest BCUT2D eigenvalue weighted by atomic mass is 14.9. The van der Waals surface area contributed by atoms with E-state index in [0.717, 1.165) is 44.9 Å². The van der Waals surface area contributed by atoms with Crippen LogP contribution in [-0.2, 0) is 0 Å². The van der Waals surface area contributed by atoms with Crippen LogP contribution in [0.3, 0.4) is 0 Å². The van der Waals surface area contributed by atoms with Gasteiger partial charge in [0.1, 0.15) is 0 Å². The summed E-state index contributed by atoms with van der Waals surface area (Å²) in [6.45, 7) is 0. The van der Waals surface area contributed by atoms with E-state index >= 15 is 0 Å². The van der Waals surface area contributed by atoms with Gasteiger partial charge in [0, 0.05) is 28.5 Å². The molecule has 0 saturated carbocycles. The number of aromatic nitrogens is 3. The molecular weight excluding hydrogens is 631 g/mol. The average Bonchev–Trinajstić information content (AvgIpc) is 3.23. The standard InChI is InChI=1S/C49H31N3/c1-2-7-41(8-3-1)49-51-45(31-46(52-49)37-22-20-35(21-23-37)44-11-4-5-30-50-44)36-18-14-33(15-19-36)32-12-16-34(17-13-32)42-28-26-40-25-24-38-9-6-10-39-27-29-43(42)48(40)47(38)39/h1-31H. The third-order valence-corrected chi connectivity index (χ3v) is 10.1. The molecule has 0 bridgehead atoms. The van der Waals surface area contributed by atoms with Crippen molar-refractivity contribution in [2.75, 3.05) is 0 Å². The van der Waals surface area contributed by atoms with E-state index in [0.29, 0.717) is 5.82 Å². The molecule has 242 valence electrons. The molecule has 3 nitrogen and oxygen atoms in total. The zero-order valence-corrected chi connectivity index (χ0v) is 28.2. The highest BCUT2D eigenvalue weighted by molar-refractivity contribution is 6.25. The maximum Gasteiger partial charge on any atom is 0.160 e. The Labute approximate surface area is 301 Å². The number of benzene rings is 8. The van der Waals surface area contributed by atoms with Gasteiger partial charge in [-0.3, -0.25) is 4.98 Å². The molecule has 10 aromatic rings. The Bertz CT molecular complexity index is 2830. The van der Waals surface area contributed by atoms with Crippen molar-refractivity contribution in [3.63, 3.8) is 0 Å². The molecule has 2 heterocycles. The normalized spacial score (nSPS) is 11.5. The molecule has 52 heavy (non-hydrogen) atoms. The topological polar surface area (TPSA) is 38.7 Å². The highest BCUT2D eigenvalue weighted by Crippen LogP contribution is 2.40. The van der Waals surface area contributed by atoms with Crippen molar-refractivity contribution >= 4 is 32.3 Å². The summed E-state index contributed by atoms with van der Waals surface area (Å²) in [5.41, 5.74) is 11.6. The lowest BCUT2D eigenvalue weighted by Crippen LogP contribution is -1.96. The van der Waals surface area contributed by atoms with Gasteiger partial charge in [0.2, 0.25) is 0 Å². The molecule has 0 aliphatic carbocycles. The molecule has 0 radical (unpaired) electrons. The monoisotopic (exact) mass is 661 g/mol. The number of hydrogen-bond acceptors (Lipinski definition) is 3. The Morgan fingerprint density at radius 3 is 1.44 bits per heavy atom. The van der Waals surface area contributed by atoms with E-state index in [1.165, 1.54) is 49.0 Å². The van der Waals surface area contributed by atoms with Gasteiger partial charge >= 0.3 is 0 Å². The summed E-state index contributed by atoms with van der Waals surface area (Å²) >= 11 is 0. The van der Waals surface area contributed by atoms with Crippen LogP contribution in [0.5, 0.6) is 0 Å². The maximum absolute atomic E-state index is 5.05. The van der Waals surface area contributed by atoms with Gasteiger partial charge in [-0.2, -0.15) is 0 Å². The molecule has 0 fully saturated rings. The molecule has 0 spiro atoms. The van der Waals surface area contributed by atoms with Gasteiger partial charge in [0.25, 0.3) is 0 Å². The van der Waals surface area contributed by atoms with E-state index in [1.54, 1.807) is 0 Å². The van der Waals surface area contributed by atoms with Crippen molar-refractivity contribution in [2.24, 2.45) is 0 Å². The summed E-state index contributed by atoms with van der Waals surface area (Å²) in [4.78, 5) is 14.6. The minimum absolute atomic E-state index is 0.702. The van der Waals surface area contributed by atoms with Crippen LogP contribution in [-0.4, -0.2) is 15.0 Å². The first kappa shape index (κ1) is 29.9. The fourth-order valence-corrected chi connectivity index (χ4v) is 7.47. The van der Waals surface area contributed by atoms with E-state index in [4.69, 9.17) is 9.97 Å². The summed E-state index contributed by atoms with van der Waals surface area (Å²) < 4.78 is 0. The highest BCUT2D eigenvalue weighted by Gasteiger charge is 2.14. The van der Waals surface area contributed by atoms with Gasteiger partial charge in [-0.05, 0) is 72.8 Å². The first-order chi connectivity index (χ1) is 25.7. The maximum atomic E-state index is 5.05. The predicted octanol–water partition coefficient (Wildman–Crippen LogP) is 12.8. The SMILES string of the molecule is c1ccc(-c2nc(-c3ccc(-c4ccc(-c5ccc6ccc7cccc8ccc5c6c78)cc4)cc3)cc(-c3ccc(-c4ccccn4)cc3)n2)cc1. The Balaban J connectivity index is 0.976. The van der Waals surface area contributed by atoms with E-state index in [-0.39, 0.29) is 0 Å². The molecule has 0 unspecified atom stereocenters. The predicted molar refractivity (Wildman–Crippen MR) is 216 cm³/mol. The molecule has 0 aliphatic heterocycles. The van der Waals surface area contributed by atoms with Gasteiger partial charge in [-0.25, -0.2) is 9.97 Å². The van der Waals surface area contributed by atoms with Crippen LogP contribution in [0.1, 0.15) is 0 Å². The Morgan fingerprint density at radius 1 is 0.308 bits per heavy atom. The van der Waals surface area contributed by atoms with Crippen LogP contribution >= 0.6 is 0 Å². The third-order valence-electron chi connectivity index (χ3n) is 10.1. The fraction of sp³-hybridized carbons (Fsp3) is 0. The minimum Gasteiger partial charge on any atom is -0.256 e. The number of nitrogens with zero attached hydrogens (tertiary/aromatic N) is 3. The first-order valence-electron chi connectivity index (χ1n) is 17.6. The van der Waals surface area contributed by atoms with Gasteiger partial charge in [-0.15, -0.1) is 0 Å². The lowest BCUT2D eigenvalue weighted by atomic mass is 9.89. The van der Waals surface area contributed by atoms with E-state index in [9.17, 15) is 0 Å².